The molecule has 3 rings (SSSR count). The molecule has 1 aromatic heterocycles. The average Bonchev–Trinajstić information content (AvgIpc) is 3.06. The lowest BCUT2D eigenvalue weighted by atomic mass is 10.2. The van der Waals surface area contributed by atoms with Crippen LogP contribution < -0.4 is 10.1 Å². The van der Waals surface area contributed by atoms with Gasteiger partial charge in [-0.1, -0.05) is 11.6 Å². The van der Waals surface area contributed by atoms with Crippen molar-refractivity contribution in [2.75, 3.05) is 5.32 Å². The molecule has 11 heteroatoms. The van der Waals surface area contributed by atoms with Crippen LogP contribution in [0.3, 0.4) is 0 Å². The fourth-order valence-corrected chi connectivity index (χ4v) is 2.95. The molecular weight excluding hydrogens is 416 g/mol. The van der Waals surface area contributed by atoms with Gasteiger partial charge in [-0.15, -0.1) is 0 Å². The molecule has 3 aromatic rings. The molecule has 0 aliphatic heterocycles. The Bertz CT molecular complexity index is 1170. The second-order valence-corrected chi connectivity index (χ2v) is 6.71. The first-order chi connectivity index (χ1) is 14.2. The van der Waals surface area contributed by atoms with Crippen LogP contribution >= 0.6 is 11.6 Å². The Morgan fingerprint density at radius 1 is 1.27 bits per heavy atom. The summed E-state index contributed by atoms with van der Waals surface area (Å²) in [6.45, 7) is 1.76. The van der Waals surface area contributed by atoms with Crippen LogP contribution in [0.2, 0.25) is 5.02 Å². The molecule has 0 aliphatic carbocycles. The summed E-state index contributed by atoms with van der Waals surface area (Å²) >= 11 is 5.92. The van der Waals surface area contributed by atoms with Crippen LogP contribution in [0.1, 0.15) is 26.4 Å². The quantitative estimate of drug-likeness (QED) is 0.444. The zero-order valence-electron chi connectivity index (χ0n) is 15.7. The topological polar surface area (TPSA) is 137 Å². The van der Waals surface area contributed by atoms with Crippen molar-refractivity contribution in [3.05, 3.63) is 74.6 Å². The van der Waals surface area contributed by atoms with Gasteiger partial charge in [0.25, 0.3) is 11.6 Å². The number of hydrogen-bond donors (Lipinski definition) is 2. The number of aryl methyl sites for hydroxylation is 2. The molecule has 0 atom stereocenters. The highest BCUT2D eigenvalue weighted by atomic mass is 35.5. The Labute approximate surface area is 174 Å². The number of hydrogen-bond acceptors (Lipinski definition) is 6. The summed E-state index contributed by atoms with van der Waals surface area (Å²) < 4.78 is 6.83. The van der Waals surface area contributed by atoms with E-state index in [1.807, 2.05) is 0 Å². The van der Waals surface area contributed by atoms with E-state index in [0.717, 1.165) is 16.9 Å². The lowest BCUT2D eigenvalue weighted by molar-refractivity contribution is -0.384. The molecule has 0 fully saturated rings. The van der Waals surface area contributed by atoms with Crippen molar-refractivity contribution in [1.82, 2.24) is 9.78 Å². The third-order valence-electron chi connectivity index (χ3n) is 4.11. The number of aromatic carboxylic acids is 1. The summed E-state index contributed by atoms with van der Waals surface area (Å²) in [5.74, 6) is -1.58. The van der Waals surface area contributed by atoms with Crippen molar-refractivity contribution < 1.29 is 24.4 Å². The standard InChI is InChI=1S/C19H15ClN4O6/c1-10-5-11(20)3-4-16(10)30-14-7-12(6-13(8-14)24(28)29)22-18(25)17-15(19(26)27)9-21-23(17)2/h3-9H,1-2H3,(H,22,25)(H,26,27). The number of anilines is 1. The molecule has 10 nitrogen and oxygen atoms in total. The van der Waals surface area contributed by atoms with Gasteiger partial charge in [-0.3, -0.25) is 19.6 Å². The van der Waals surface area contributed by atoms with Crippen LogP contribution in [0.15, 0.2) is 42.6 Å². The molecule has 0 unspecified atom stereocenters. The van der Waals surface area contributed by atoms with Crippen LogP contribution in [0.25, 0.3) is 0 Å². The average molecular weight is 431 g/mol. The number of carboxylic acid groups (broad SMARTS) is 1. The number of aromatic nitrogens is 2. The van der Waals surface area contributed by atoms with E-state index < -0.39 is 16.8 Å². The number of carbonyl (C=O) groups is 2. The summed E-state index contributed by atoms with van der Waals surface area (Å²) in [6, 6.07) is 8.62. The Balaban J connectivity index is 1.95. The number of nitro groups is 1. The van der Waals surface area contributed by atoms with Gasteiger partial charge in [-0.2, -0.15) is 5.10 Å². The Kier molecular flexibility index (Phi) is 5.70. The van der Waals surface area contributed by atoms with Crippen molar-refractivity contribution in [2.24, 2.45) is 7.05 Å². The van der Waals surface area contributed by atoms with E-state index in [1.54, 1.807) is 25.1 Å². The number of nitrogens with zero attached hydrogens (tertiary/aromatic N) is 3. The maximum Gasteiger partial charge on any atom is 0.339 e. The van der Waals surface area contributed by atoms with E-state index in [1.165, 1.54) is 19.2 Å². The third-order valence-corrected chi connectivity index (χ3v) is 4.34. The lowest BCUT2D eigenvalue weighted by Crippen LogP contribution is -2.19. The zero-order chi connectivity index (χ0) is 22.0. The van der Waals surface area contributed by atoms with E-state index in [4.69, 9.17) is 16.3 Å². The van der Waals surface area contributed by atoms with Crippen LogP contribution in [-0.4, -0.2) is 31.7 Å². The summed E-state index contributed by atoms with van der Waals surface area (Å²) in [7, 11) is 1.41. The van der Waals surface area contributed by atoms with Gasteiger partial charge in [0.1, 0.15) is 22.8 Å². The van der Waals surface area contributed by atoms with Crippen LogP contribution in [0, 0.1) is 17.0 Å². The number of benzene rings is 2. The zero-order valence-corrected chi connectivity index (χ0v) is 16.5. The van der Waals surface area contributed by atoms with Gasteiger partial charge in [0, 0.05) is 24.2 Å². The van der Waals surface area contributed by atoms with E-state index in [0.29, 0.717) is 16.3 Å². The fraction of sp³-hybridized carbons (Fsp3) is 0.105. The summed E-state index contributed by atoms with van der Waals surface area (Å²) in [4.78, 5) is 34.6. The molecule has 0 radical (unpaired) electrons. The molecule has 154 valence electrons. The minimum atomic E-state index is -1.32. The SMILES string of the molecule is Cc1cc(Cl)ccc1Oc1cc(NC(=O)c2c(C(=O)O)cnn2C)cc([N+](=O)[O-])c1. The molecule has 2 aromatic carbocycles. The number of amides is 1. The van der Waals surface area contributed by atoms with Crippen molar-refractivity contribution >= 4 is 34.9 Å². The van der Waals surface area contributed by atoms with Crippen LogP contribution in [0.4, 0.5) is 11.4 Å². The highest BCUT2D eigenvalue weighted by Crippen LogP contribution is 2.32. The molecule has 1 amide bonds. The number of rotatable bonds is 6. The molecule has 0 aliphatic rings. The van der Waals surface area contributed by atoms with Crippen LogP contribution in [-0.2, 0) is 7.05 Å². The summed E-state index contributed by atoms with van der Waals surface area (Å²) in [5.41, 5.74) is -0.0643. The van der Waals surface area contributed by atoms with E-state index >= 15 is 0 Å². The predicted octanol–water partition coefficient (Wildman–Crippen LogP) is 4.03. The number of non-ortho nitro benzene ring substituents is 1. The van der Waals surface area contributed by atoms with Gasteiger partial charge in [0.15, 0.2) is 0 Å². The molecule has 0 bridgehead atoms. The van der Waals surface area contributed by atoms with E-state index in [2.05, 4.69) is 10.4 Å². The van der Waals surface area contributed by atoms with Crippen molar-refractivity contribution in [3.63, 3.8) is 0 Å². The maximum atomic E-state index is 12.6. The number of nitro benzene ring substituents is 1. The van der Waals surface area contributed by atoms with Gasteiger partial charge in [-0.05, 0) is 30.7 Å². The number of nitrogens with one attached hydrogen (secondary N) is 1. The number of carboxylic acids is 1. The Morgan fingerprint density at radius 2 is 2.00 bits per heavy atom. The van der Waals surface area contributed by atoms with Crippen molar-refractivity contribution in [1.29, 1.82) is 0 Å². The number of ether oxygens (including phenoxy) is 1. The molecule has 30 heavy (non-hydrogen) atoms. The first kappa shape index (κ1) is 20.8. The van der Waals surface area contributed by atoms with E-state index in [9.17, 15) is 24.8 Å². The minimum absolute atomic E-state index is 0.0494. The molecular formula is C19H15ClN4O6. The molecule has 1 heterocycles. The first-order valence-electron chi connectivity index (χ1n) is 8.46. The van der Waals surface area contributed by atoms with Gasteiger partial charge < -0.3 is 15.2 Å². The maximum absolute atomic E-state index is 12.6. The van der Waals surface area contributed by atoms with Gasteiger partial charge in [0.2, 0.25) is 0 Å². The summed E-state index contributed by atoms with van der Waals surface area (Å²) in [5, 5.41) is 27.3. The highest BCUT2D eigenvalue weighted by molar-refractivity contribution is 6.30. The Hall–Kier alpha value is -3.92. The van der Waals surface area contributed by atoms with Crippen LogP contribution in [0.5, 0.6) is 11.5 Å². The smallest absolute Gasteiger partial charge is 0.339 e. The second kappa shape index (κ2) is 8.21. The highest BCUT2D eigenvalue weighted by Gasteiger charge is 2.23. The largest absolute Gasteiger partial charge is 0.478 e. The summed E-state index contributed by atoms with van der Waals surface area (Å²) in [6.07, 6.45) is 1.04. The van der Waals surface area contributed by atoms with Gasteiger partial charge in [-0.25, -0.2) is 4.79 Å². The Morgan fingerprint density at radius 3 is 2.63 bits per heavy atom. The monoisotopic (exact) mass is 430 g/mol. The number of halogens is 1. The second-order valence-electron chi connectivity index (χ2n) is 6.27. The third kappa shape index (κ3) is 4.39. The minimum Gasteiger partial charge on any atom is -0.478 e. The van der Waals surface area contributed by atoms with E-state index in [-0.39, 0.29) is 28.4 Å². The molecule has 2 N–H and O–H groups in total. The molecule has 0 saturated heterocycles. The van der Waals surface area contributed by atoms with Gasteiger partial charge in [0.05, 0.1) is 22.9 Å². The normalized spacial score (nSPS) is 10.5. The van der Waals surface area contributed by atoms with Crippen molar-refractivity contribution in [2.45, 2.75) is 6.92 Å². The number of carbonyl (C=O) groups excluding carboxylic acids is 1. The molecule has 0 spiro atoms. The first-order valence-corrected chi connectivity index (χ1v) is 8.83. The predicted molar refractivity (Wildman–Crippen MR) is 107 cm³/mol. The van der Waals surface area contributed by atoms with Crippen molar-refractivity contribution in [3.8, 4) is 11.5 Å². The lowest BCUT2D eigenvalue weighted by Gasteiger charge is -2.11. The fourth-order valence-electron chi connectivity index (χ4n) is 2.73. The molecule has 0 saturated carbocycles. The van der Waals surface area contributed by atoms with Gasteiger partial charge >= 0.3 is 5.97 Å².